The van der Waals surface area contributed by atoms with Crippen molar-refractivity contribution in [3.8, 4) is 11.8 Å². The number of ether oxygens (including phenoxy) is 1. The minimum Gasteiger partial charge on any atom is -0.492 e. The molecule has 1 heterocycles. The molecule has 26 heavy (non-hydrogen) atoms. The van der Waals surface area contributed by atoms with Gasteiger partial charge in [0.05, 0.1) is 23.9 Å². The molecule has 2 N–H and O–H groups in total. The molecule has 3 rings (SSSR count). The van der Waals surface area contributed by atoms with Gasteiger partial charge in [-0.05, 0) is 50.2 Å². The van der Waals surface area contributed by atoms with Crippen LogP contribution >= 0.6 is 0 Å². The number of aryl methyl sites for hydroxylation is 1. The highest BCUT2D eigenvalue weighted by Gasteiger charge is 2.07. The standard InChI is InChI=1S/C20H19N5O/c1-3-26-18-7-5-4-6-17(18)24-20-22-14(2)12-19(25-20)23-16-10-8-15(13-21)9-11-16/h4-12H,3H2,1-2H3,(H2,22,23,24,25). The van der Waals surface area contributed by atoms with Gasteiger partial charge in [0.15, 0.2) is 0 Å². The van der Waals surface area contributed by atoms with Crippen LogP contribution in [0.15, 0.2) is 54.6 Å². The molecule has 0 aliphatic carbocycles. The summed E-state index contributed by atoms with van der Waals surface area (Å²) in [6, 6.07) is 18.8. The van der Waals surface area contributed by atoms with Gasteiger partial charge in [-0.25, -0.2) is 4.98 Å². The molecular weight excluding hydrogens is 326 g/mol. The zero-order valence-corrected chi connectivity index (χ0v) is 14.7. The van der Waals surface area contributed by atoms with Crippen molar-refractivity contribution in [1.82, 2.24) is 9.97 Å². The van der Waals surface area contributed by atoms with Crippen LogP contribution in [-0.2, 0) is 0 Å². The fourth-order valence-corrected chi connectivity index (χ4v) is 2.44. The van der Waals surface area contributed by atoms with E-state index in [-0.39, 0.29) is 0 Å². The Balaban J connectivity index is 1.82. The van der Waals surface area contributed by atoms with E-state index in [0.29, 0.717) is 23.9 Å². The third-order valence-electron chi connectivity index (χ3n) is 3.57. The zero-order valence-electron chi connectivity index (χ0n) is 14.7. The van der Waals surface area contributed by atoms with Gasteiger partial charge in [-0.1, -0.05) is 12.1 Å². The Morgan fingerprint density at radius 2 is 1.81 bits per heavy atom. The van der Waals surface area contributed by atoms with Crippen molar-refractivity contribution in [3.63, 3.8) is 0 Å². The van der Waals surface area contributed by atoms with Crippen molar-refractivity contribution < 1.29 is 4.74 Å². The van der Waals surface area contributed by atoms with Crippen molar-refractivity contribution in [2.45, 2.75) is 13.8 Å². The van der Waals surface area contributed by atoms with E-state index in [4.69, 9.17) is 10.00 Å². The molecule has 0 spiro atoms. The molecule has 0 aliphatic rings. The van der Waals surface area contributed by atoms with Crippen LogP contribution in [0.3, 0.4) is 0 Å². The van der Waals surface area contributed by atoms with Crippen molar-refractivity contribution in [3.05, 3.63) is 65.9 Å². The van der Waals surface area contributed by atoms with Gasteiger partial charge in [0.1, 0.15) is 11.6 Å². The number of anilines is 4. The summed E-state index contributed by atoms with van der Waals surface area (Å²) >= 11 is 0. The molecule has 130 valence electrons. The second-order valence-electron chi connectivity index (χ2n) is 5.59. The number of nitrogens with zero attached hydrogens (tertiary/aromatic N) is 3. The second kappa shape index (κ2) is 7.99. The quantitative estimate of drug-likeness (QED) is 0.682. The molecule has 3 aromatic rings. The summed E-state index contributed by atoms with van der Waals surface area (Å²) in [4.78, 5) is 8.95. The Bertz CT molecular complexity index is 932. The number of nitriles is 1. The average molecular weight is 345 g/mol. The van der Waals surface area contributed by atoms with E-state index in [9.17, 15) is 0 Å². The monoisotopic (exact) mass is 345 g/mol. The summed E-state index contributed by atoms with van der Waals surface area (Å²) < 4.78 is 5.63. The van der Waals surface area contributed by atoms with Gasteiger partial charge in [-0.3, -0.25) is 0 Å². The molecule has 0 saturated heterocycles. The van der Waals surface area contributed by atoms with E-state index in [0.717, 1.165) is 22.8 Å². The van der Waals surface area contributed by atoms with Crippen LogP contribution in [0.25, 0.3) is 0 Å². The predicted octanol–water partition coefficient (Wildman–Crippen LogP) is 4.54. The van der Waals surface area contributed by atoms with Gasteiger partial charge in [0, 0.05) is 17.4 Å². The van der Waals surface area contributed by atoms with Crippen molar-refractivity contribution in [2.24, 2.45) is 0 Å². The van der Waals surface area contributed by atoms with Crippen LogP contribution in [0, 0.1) is 18.3 Å². The lowest BCUT2D eigenvalue weighted by atomic mass is 10.2. The first-order valence-corrected chi connectivity index (χ1v) is 8.29. The number of rotatable bonds is 6. The van der Waals surface area contributed by atoms with Crippen LogP contribution in [0.4, 0.5) is 23.1 Å². The number of aromatic nitrogens is 2. The lowest BCUT2D eigenvalue weighted by Crippen LogP contribution is -2.04. The van der Waals surface area contributed by atoms with Crippen molar-refractivity contribution in [1.29, 1.82) is 5.26 Å². The maximum absolute atomic E-state index is 8.88. The van der Waals surface area contributed by atoms with Crippen LogP contribution in [0.2, 0.25) is 0 Å². The lowest BCUT2D eigenvalue weighted by Gasteiger charge is -2.13. The first-order chi connectivity index (χ1) is 12.7. The average Bonchev–Trinajstić information content (AvgIpc) is 2.64. The molecule has 0 aliphatic heterocycles. The number of nitrogens with one attached hydrogen (secondary N) is 2. The van der Waals surface area contributed by atoms with Crippen LogP contribution in [-0.4, -0.2) is 16.6 Å². The van der Waals surface area contributed by atoms with Crippen molar-refractivity contribution in [2.75, 3.05) is 17.2 Å². The Labute approximate surface area is 152 Å². The smallest absolute Gasteiger partial charge is 0.229 e. The van der Waals surface area contributed by atoms with E-state index < -0.39 is 0 Å². The van der Waals surface area contributed by atoms with Gasteiger partial charge in [-0.2, -0.15) is 10.2 Å². The number of hydrogen-bond donors (Lipinski definition) is 2. The van der Waals surface area contributed by atoms with E-state index in [1.54, 1.807) is 12.1 Å². The molecule has 6 heteroatoms. The van der Waals surface area contributed by atoms with Gasteiger partial charge in [0.2, 0.25) is 5.95 Å². The largest absolute Gasteiger partial charge is 0.492 e. The highest BCUT2D eigenvalue weighted by Crippen LogP contribution is 2.27. The van der Waals surface area contributed by atoms with Gasteiger partial charge >= 0.3 is 0 Å². The van der Waals surface area contributed by atoms with Crippen LogP contribution in [0.5, 0.6) is 5.75 Å². The summed E-state index contributed by atoms with van der Waals surface area (Å²) in [6.07, 6.45) is 0. The molecular formula is C20H19N5O. The minimum atomic E-state index is 0.480. The first-order valence-electron chi connectivity index (χ1n) is 8.29. The minimum absolute atomic E-state index is 0.480. The van der Waals surface area contributed by atoms with Crippen LogP contribution in [0.1, 0.15) is 18.2 Å². The summed E-state index contributed by atoms with van der Waals surface area (Å²) in [6.45, 7) is 4.43. The molecule has 0 amide bonds. The zero-order chi connectivity index (χ0) is 18.4. The number of hydrogen-bond acceptors (Lipinski definition) is 6. The van der Waals surface area contributed by atoms with Gasteiger partial charge in [-0.15, -0.1) is 0 Å². The molecule has 0 saturated carbocycles. The molecule has 1 aromatic heterocycles. The Morgan fingerprint density at radius 3 is 2.54 bits per heavy atom. The summed E-state index contributed by atoms with van der Waals surface area (Å²) in [7, 11) is 0. The molecule has 0 radical (unpaired) electrons. The van der Waals surface area contributed by atoms with Crippen molar-refractivity contribution >= 4 is 23.1 Å². The molecule has 0 atom stereocenters. The van der Waals surface area contributed by atoms with Crippen LogP contribution < -0.4 is 15.4 Å². The highest BCUT2D eigenvalue weighted by molar-refractivity contribution is 5.64. The highest BCUT2D eigenvalue weighted by atomic mass is 16.5. The Morgan fingerprint density at radius 1 is 1.04 bits per heavy atom. The maximum Gasteiger partial charge on any atom is 0.229 e. The Kier molecular flexibility index (Phi) is 5.30. The lowest BCUT2D eigenvalue weighted by molar-refractivity contribution is 0.342. The topological polar surface area (TPSA) is 82.9 Å². The number of benzene rings is 2. The Hall–Kier alpha value is -3.59. The molecule has 0 unspecified atom stereocenters. The summed E-state index contributed by atoms with van der Waals surface area (Å²) in [5, 5.41) is 15.3. The van der Waals surface area contributed by atoms with E-state index in [1.807, 2.05) is 56.3 Å². The normalized spacial score (nSPS) is 10.0. The van der Waals surface area contributed by atoms with E-state index in [1.165, 1.54) is 0 Å². The third-order valence-corrected chi connectivity index (χ3v) is 3.57. The third kappa shape index (κ3) is 4.28. The fraction of sp³-hybridized carbons (Fsp3) is 0.150. The predicted molar refractivity (Wildman–Crippen MR) is 102 cm³/mol. The van der Waals surface area contributed by atoms with E-state index in [2.05, 4.69) is 26.7 Å². The fourth-order valence-electron chi connectivity index (χ4n) is 2.44. The first kappa shape index (κ1) is 17.2. The number of para-hydroxylation sites is 2. The summed E-state index contributed by atoms with van der Waals surface area (Å²) in [5.41, 5.74) is 3.10. The molecule has 0 fully saturated rings. The van der Waals surface area contributed by atoms with E-state index >= 15 is 0 Å². The van der Waals surface area contributed by atoms with Gasteiger partial charge < -0.3 is 15.4 Å². The summed E-state index contributed by atoms with van der Waals surface area (Å²) in [5.74, 6) is 1.90. The second-order valence-corrected chi connectivity index (χ2v) is 5.59. The SMILES string of the molecule is CCOc1ccccc1Nc1nc(C)cc(Nc2ccc(C#N)cc2)n1. The molecule has 6 nitrogen and oxygen atoms in total. The molecule has 0 bridgehead atoms. The maximum atomic E-state index is 8.88. The van der Waals surface area contributed by atoms with Gasteiger partial charge in [0.25, 0.3) is 0 Å². The molecule has 2 aromatic carbocycles.